The number of unbranched alkanes of at least 4 members (excludes halogenated alkanes) is 17. The molecule has 0 aromatic rings. The minimum Gasteiger partial charge on any atom is -0.465 e. The first-order valence-corrected chi connectivity index (χ1v) is 13.9. The lowest BCUT2D eigenvalue weighted by Gasteiger charge is -2.32. The highest BCUT2D eigenvalue weighted by Gasteiger charge is 2.46. The molecule has 0 aliphatic carbocycles. The average Bonchev–Trinajstić information content (AvgIpc) is 3.10. The lowest BCUT2D eigenvalue weighted by atomic mass is 10.0. The number of carbonyl (C=O) groups is 1. The van der Waals surface area contributed by atoms with E-state index in [0.717, 1.165) is 12.8 Å². The summed E-state index contributed by atoms with van der Waals surface area (Å²) >= 11 is 0. The maximum absolute atomic E-state index is 11.5. The fourth-order valence-corrected chi connectivity index (χ4v) is 4.81. The summed E-state index contributed by atoms with van der Waals surface area (Å²) in [5.41, 5.74) is -0.890. The minimum atomic E-state index is -1.05. The van der Waals surface area contributed by atoms with Crippen molar-refractivity contribution in [2.24, 2.45) is 0 Å². The zero-order valence-electron chi connectivity index (χ0n) is 21.9. The molecule has 1 rings (SSSR count). The van der Waals surface area contributed by atoms with Crippen LogP contribution in [0.1, 0.15) is 136 Å². The molecule has 1 aliphatic heterocycles. The van der Waals surface area contributed by atoms with E-state index in [0.29, 0.717) is 0 Å². The van der Waals surface area contributed by atoms with Crippen LogP contribution in [0.2, 0.25) is 0 Å². The molecule has 1 aliphatic rings. The Balaban J connectivity index is 1.90. The van der Waals surface area contributed by atoms with Gasteiger partial charge in [0.15, 0.2) is 0 Å². The molecule has 2 N–H and O–H groups in total. The van der Waals surface area contributed by atoms with Gasteiger partial charge in [-0.05, 0) is 26.7 Å². The van der Waals surface area contributed by atoms with Gasteiger partial charge in [0.2, 0.25) is 0 Å². The fourth-order valence-electron chi connectivity index (χ4n) is 4.81. The van der Waals surface area contributed by atoms with Crippen molar-refractivity contribution in [2.45, 2.75) is 154 Å². The van der Waals surface area contributed by atoms with Gasteiger partial charge >= 0.3 is 6.09 Å². The first-order valence-electron chi connectivity index (χ1n) is 13.9. The molecule has 0 bridgehead atoms. The molecule has 5 nitrogen and oxygen atoms in total. The zero-order chi connectivity index (χ0) is 24.4. The topological polar surface area (TPSA) is 70.0 Å². The van der Waals surface area contributed by atoms with Gasteiger partial charge in [-0.25, -0.2) is 4.79 Å². The summed E-state index contributed by atoms with van der Waals surface area (Å²) in [6.07, 6.45) is 26.0. The normalized spacial score (nSPS) is 18.9. The van der Waals surface area contributed by atoms with Crippen molar-refractivity contribution < 1.29 is 19.7 Å². The van der Waals surface area contributed by atoms with Crippen LogP contribution in [0.4, 0.5) is 4.79 Å². The van der Waals surface area contributed by atoms with E-state index in [9.17, 15) is 15.0 Å². The zero-order valence-corrected chi connectivity index (χ0v) is 21.9. The summed E-state index contributed by atoms with van der Waals surface area (Å²) in [4.78, 5) is 12.7. The largest absolute Gasteiger partial charge is 0.465 e. The lowest BCUT2D eigenvalue weighted by Crippen LogP contribution is -2.50. The summed E-state index contributed by atoms with van der Waals surface area (Å²) in [6, 6.07) is -0.538. The van der Waals surface area contributed by atoms with Gasteiger partial charge in [-0.3, -0.25) is 4.90 Å². The van der Waals surface area contributed by atoms with Crippen LogP contribution in [0.3, 0.4) is 0 Å². The predicted molar refractivity (Wildman–Crippen MR) is 138 cm³/mol. The summed E-state index contributed by atoms with van der Waals surface area (Å²) in [5.74, 6) is 0. The quantitative estimate of drug-likeness (QED) is 0.140. The van der Waals surface area contributed by atoms with Gasteiger partial charge in [0, 0.05) is 0 Å². The van der Waals surface area contributed by atoms with Crippen LogP contribution >= 0.6 is 0 Å². The molecule has 2 atom stereocenters. The Morgan fingerprint density at radius 1 is 0.879 bits per heavy atom. The maximum Gasteiger partial charge on any atom is 0.410 e. The van der Waals surface area contributed by atoms with Crippen LogP contribution in [-0.2, 0) is 4.74 Å². The summed E-state index contributed by atoms with van der Waals surface area (Å²) in [7, 11) is 0. The van der Waals surface area contributed by atoms with E-state index < -0.39 is 24.0 Å². The summed E-state index contributed by atoms with van der Waals surface area (Å²) < 4.78 is 5.54. The number of hydrogen-bond acceptors (Lipinski definition) is 3. The third-order valence-corrected chi connectivity index (χ3v) is 6.93. The van der Waals surface area contributed by atoms with Gasteiger partial charge in [0.25, 0.3) is 0 Å². The van der Waals surface area contributed by atoms with E-state index in [1.807, 2.05) is 6.08 Å². The molecule has 1 saturated heterocycles. The Bertz CT molecular complexity index is 520. The summed E-state index contributed by atoms with van der Waals surface area (Å²) in [6.45, 7) is 5.94. The second-order valence-corrected chi connectivity index (χ2v) is 10.3. The number of ether oxygens (including phenoxy) is 1. The molecule has 1 fully saturated rings. The molecule has 0 unspecified atom stereocenters. The molecule has 1 heterocycles. The van der Waals surface area contributed by atoms with Crippen molar-refractivity contribution in [3.8, 4) is 0 Å². The van der Waals surface area contributed by atoms with Gasteiger partial charge in [0.1, 0.15) is 5.72 Å². The first kappa shape index (κ1) is 30.0. The number of carboxylic acid groups (broad SMARTS) is 1. The number of amides is 1. The summed E-state index contributed by atoms with van der Waals surface area (Å²) in [5, 5.41) is 19.8. The van der Waals surface area contributed by atoms with Crippen LogP contribution in [0, 0.1) is 0 Å². The monoisotopic (exact) mass is 467 g/mol. The Hall–Kier alpha value is -1.07. The van der Waals surface area contributed by atoms with Crippen molar-refractivity contribution in [1.29, 1.82) is 0 Å². The lowest BCUT2D eigenvalue weighted by molar-refractivity contribution is -0.0450. The number of aliphatic hydroxyl groups is 1. The second kappa shape index (κ2) is 18.3. The van der Waals surface area contributed by atoms with E-state index in [4.69, 9.17) is 4.74 Å². The second-order valence-electron chi connectivity index (χ2n) is 10.3. The Labute approximate surface area is 204 Å². The number of aliphatic hydroxyl groups excluding tert-OH is 1. The number of allylic oxidation sites excluding steroid dienone is 1. The van der Waals surface area contributed by atoms with Crippen molar-refractivity contribution in [2.75, 3.05) is 6.61 Å². The fraction of sp³-hybridized carbons (Fsp3) is 0.893. The SMILES string of the molecule is CCCCCCCCCCCCCCCCCCC/C=C/[C@@H](O)[C@@H]1COC(C)(C)N1C(=O)O. The molecule has 0 aromatic heterocycles. The Morgan fingerprint density at radius 2 is 1.30 bits per heavy atom. The number of nitrogens with zero attached hydrogens (tertiary/aromatic N) is 1. The third kappa shape index (κ3) is 13.4. The van der Waals surface area contributed by atoms with Gasteiger partial charge in [-0.1, -0.05) is 122 Å². The maximum atomic E-state index is 11.5. The van der Waals surface area contributed by atoms with Crippen molar-refractivity contribution in [3.63, 3.8) is 0 Å². The molecule has 194 valence electrons. The van der Waals surface area contributed by atoms with Crippen molar-refractivity contribution in [3.05, 3.63) is 12.2 Å². The van der Waals surface area contributed by atoms with Crippen molar-refractivity contribution >= 4 is 6.09 Å². The van der Waals surface area contributed by atoms with Crippen LogP contribution in [-0.4, -0.2) is 45.7 Å². The molecule has 0 radical (unpaired) electrons. The van der Waals surface area contributed by atoms with Crippen LogP contribution in [0.15, 0.2) is 12.2 Å². The van der Waals surface area contributed by atoms with Crippen molar-refractivity contribution in [1.82, 2.24) is 4.90 Å². The van der Waals surface area contributed by atoms with E-state index in [1.165, 1.54) is 108 Å². The Morgan fingerprint density at radius 3 is 1.73 bits per heavy atom. The highest BCUT2D eigenvalue weighted by molar-refractivity contribution is 5.67. The molecule has 1 amide bonds. The van der Waals surface area contributed by atoms with Gasteiger partial charge in [-0.15, -0.1) is 0 Å². The highest BCUT2D eigenvalue weighted by Crippen LogP contribution is 2.29. The Kier molecular flexibility index (Phi) is 16.6. The van der Waals surface area contributed by atoms with E-state index >= 15 is 0 Å². The minimum absolute atomic E-state index is 0.226. The van der Waals surface area contributed by atoms with Crippen LogP contribution < -0.4 is 0 Å². The van der Waals surface area contributed by atoms with Crippen LogP contribution in [0.5, 0.6) is 0 Å². The molecule has 0 saturated carbocycles. The van der Waals surface area contributed by atoms with Gasteiger partial charge in [-0.2, -0.15) is 0 Å². The van der Waals surface area contributed by atoms with E-state index in [2.05, 4.69) is 6.92 Å². The van der Waals surface area contributed by atoms with Crippen LogP contribution in [0.25, 0.3) is 0 Å². The smallest absolute Gasteiger partial charge is 0.410 e. The van der Waals surface area contributed by atoms with E-state index in [1.54, 1.807) is 19.9 Å². The molecular formula is C28H53NO4. The average molecular weight is 468 g/mol. The first-order chi connectivity index (χ1) is 15.9. The highest BCUT2D eigenvalue weighted by atomic mass is 16.5. The van der Waals surface area contributed by atoms with Gasteiger partial charge in [0.05, 0.1) is 18.8 Å². The van der Waals surface area contributed by atoms with Gasteiger partial charge < -0.3 is 14.9 Å². The number of rotatable bonds is 20. The molecule has 5 heteroatoms. The standard InChI is InChI=1S/C28H53NO4/c1-4-5-6-7-8-9-10-11-12-13-14-15-16-17-18-19-20-21-22-23-26(30)25-24-33-28(2,3)29(25)27(31)32/h22-23,25-26,30H,4-21,24H2,1-3H3,(H,31,32)/b23-22+/t25-,26+/m0/s1. The third-order valence-electron chi connectivity index (χ3n) is 6.93. The molecule has 33 heavy (non-hydrogen) atoms. The molecular weight excluding hydrogens is 414 g/mol. The van der Waals surface area contributed by atoms with E-state index in [-0.39, 0.29) is 6.61 Å². The molecule has 0 spiro atoms. The molecule has 0 aromatic carbocycles. The predicted octanol–water partition coefficient (Wildman–Crippen LogP) is 8.06. The number of hydrogen-bond donors (Lipinski definition) is 2.